The molecule has 0 saturated carbocycles. The molecule has 3 unspecified atom stereocenters. The summed E-state index contributed by atoms with van der Waals surface area (Å²) in [5.41, 5.74) is 6.96. The maximum atomic E-state index is 14.1. The Labute approximate surface area is 204 Å². The molecule has 0 spiro atoms. The van der Waals surface area contributed by atoms with Crippen LogP contribution >= 0.6 is 12.2 Å². The van der Waals surface area contributed by atoms with Crippen LogP contribution in [0.4, 0.5) is 4.39 Å². The van der Waals surface area contributed by atoms with Crippen LogP contribution in [0.25, 0.3) is 11.0 Å². The molecule has 1 heterocycles. The third-order valence-electron chi connectivity index (χ3n) is 5.78. The highest BCUT2D eigenvalue weighted by Gasteiger charge is 2.28. The van der Waals surface area contributed by atoms with E-state index in [9.17, 15) is 14.3 Å². The third kappa shape index (κ3) is 7.53. The van der Waals surface area contributed by atoms with Crippen molar-refractivity contribution in [1.29, 1.82) is 0 Å². The summed E-state index contributed by atoms with van der Waals surface area (Å²) >= 11 is 5.19. The molecule has 3 rings (SSSR count). The van der Waals surface area contributed by atoms with Crippen molar-refractivity contribution < 1.29 is 14.3 Å². The van der Waals surface area contributed by atoms with Gasteiger partial charge in [0.2, 0.25) is 0 Å². The zero-order chi connectivity index (χ0) is 24.7. The number of aromatic nitrogens is 2. The Balaban J connectivity index is 1.78. The number of nitrogens with one attached hydrogen (secondary N) is 1. The van der Waals surface area contributed by atoms with Crippen molar-refractivity contribution in [2.75, 3.05) is 0 Å². The van der Waals surface area contributed by atoms with Crippen LogP contribution in [-0.2, 0) is 6.42 Å². The minimum absolute atomic E-state index is 0.161. The number of hydrogen-bond acceptors (Lipinski definition) is 5. The highest BCUT2D eigenvalue weighted by atomic mass is 32.1. The molecule has 34 heavy (non-hydrogen) atoms. The minimum atomic E-state index is -1.36. The maximum absolute atomic E-state index is 14.1. The van der Waals surface area contributed by atoms with E-state index in [1.807, 2.05) is 48.5 Å². The molecule has 6 nitrogen and oxygen atoms in total. The summed E-state index contributed by atoms with van der Waals surface area (Å²) in [5, 5.41) is 14.0. The monoisotopic (exact) mass is 482 g/mol. The van der Waals surface area contributed by atoms with Gasteiger partial charge in [-0.3, -0.25) is 9.78 Å². The number of alkyl halides is 1. The Morgan fingerprint density at radius 3 is 2.44 bits per heavy atom. The van der Waals surface area contributed by atoms with Crippen LogP contribution in [0.5, 0.6) is 0 Å². The van der Waals surface area contributed by atoms with Crippen molar-refractivity contribution in [3.63, 3.8) is 0 Å². The summed E-state index contributed by atoms with van der Waals surface area (Å²) < 4.78 is 14.1. The Morgan fingerprint density at radius 1 is 1.15 bits per heavy atom. The van der Waals surface area contributed by atoms with Crippen molar-refractivity contribution in [2.45, 2.75) is 57.3 Å². The van der Waals surface area contributed by atoms with Gasteiger partial charge in [0.1, 0.15) is 11.4 Å². The molecule has 180 valence electrons. The smallest absolute Gasteiger partial charge is 0.271 e. The molecule has 0 radical (unpaired) electrons. The lowest BCUT2D eigenvalue weighted by Gasteiger charge is -2.28. The van der Waals surface area contributed by atoms with E-state index in [1.165, 1.54) is 20.0 Å². The molecule has 3 atom stereocenters. The van der Waals surface area contributed by atoms with Crippen molar-refractivity contribution in [2.24, 2.45) is 11.7 Å². The fourth-order valence-electron chi connectivity index (χ4n) is 3.81. The lowest BCUT2D eigenvalue weighted by atomic mass is 9.88. The second-order valence-electron chi connectivity index (χ2n) is 9.17. The van der Waals surface area contributed by atoms with Gasteiger partial charge in [0.15, 0.2) is 0 Å². The molecular weight excluding hydrogens is 451 g/mol. The molecule has 2 aromatic carbocycles. The molecule has 0 saturated heterocycles. The van der Waals surface area contributed by atoms with Crippen molar-refractivity contribution in [1.82, 2.24) is 15.3 Å². The number of hydrogen-bond donors (Lipinski definition) is 3. The van der Waals surface area contributed by atoms with Crippen molar-refractivity contribution in [3.8, 4) is 0 Å². The first kappa shape index (κ1) is 25.6. The highest BCUT2D eigenvalue weighted by molar-refractivity contribution is 7.80. The Hall–Kier alpha value is -2.97. The summed E-state index contributed by atoms with van der Waals surface area (Å²) in [6.07, 6.45) is 1.76. The summed E-state index contributed by atoms with van der Waals surface area (Å²) in [4.78, 5) is 22.0. The molecule has 0 aliphatic rings. The molecule has 8 heteroatoms. The summed E-state index contributed by atoms with van der Waals surface area (Å²) in [7, 11) is 0. The third-order valence-corrected chi connectivity index (χ3v) is 6.11. The molecule has 1 amide bonds. The first-order valence-corrected chi connectivity index (χ1v) is 11.8. The number of amides is 1. The van der Waals surface area contributed by atoms with Gasteiger partial charge in [0, 0.05) is 5.92 Å². The Bertz CT molecular complexity index is 1120. The number of aliphatic hydroxyl groups is 1. The Kier molecular flexibility index (Phi) is 8.63. The van der Waals surface area contributed by atoms with E-state index in [1.54, 1.807) is 6.07 Å². The molecular formula is C26H31FN4O2S. The Morgan fingerprint density at radius 2 is 1.79 bits per heavy atom. The average Bonchev–Trinajstić information content (AvgIpc) is 2.80. The normalized spacial score (nSPS) is 14.4. The summed E-state index contributed by atoms with van der Waals surface area (Å²) in [6.45, 7) is 3.01. The number of para-hydroxylation sites is 2. The van der Waals surface area contributed by atoms with E-state index in [-0.39, 0.29) is 29.4 Å². The van der Waals surface area contributed by atoms with Gasteiger partial charge in [-0.05, 0) is 57.2 Å². The van der Waals surface area contributed by atoms with Gasteiger partial charge in [-0.1, -0.05) is 54.7 Å². The number of nitrogens with two attached hydrogens (primary N) is 1. The number of rotatable bonds is 11. The molecule has 0 bridgehead atoms. The number of aliphatic hydroxyl groups excluding tert-OH is 1. The van der Waals surface area contributed by atoms with E-state index in [0.29, 0.717) is 23.9 Å². The number of halogens is 1. The standard InChI is InChI=1S/C26H31FN4O2S/c1-26(2,27)13-12-18(24(28)34)15-23(32)21(14-17-8-4-3-5-9-17)31-25(33)22-16-29-19-10-6-7-11-20(19)30-22/h3-11,16,18,21,23,32H,12-15H2,1-2H3,(H2,28,34)(H,31,33). The van der Waals surface area contributed by atoms with Crippen LogP contribution in [0.3, 0.4) is 0 Å². The van der Waals surface area contributed by atoms with E-state index in [4.69, 9.17) is 18.0 Å². The molecule has 3 aromatic rings. The predicted octanol–water partition coefficient (Wildman–Crippen LogP) is 4.15. The van der Waals surface area contributed by atoms with Crippen LogP contribution in [0.2, 0.25) is 0 Å². The summed E-state index contributed by atoms with van der Waals surface area (Å²) in [5.74, 6) is -0.786. The zero-order valence-electron chi connectivity index (χ0n) is 19.4. The first-order valence-electron chi connectivity index (χ1n) is 11.4. The highest BCUT2D eigenvalue weighted by Crippen LogP contribution is 2.24. The number of benzene rings is 2. The quantitative estimate of drug-likeness (QED) is 0.355. The summed E-state index contributed by atoms with van der Waals surface area (Å²) in [6, 6.07) is 16.2. The second-order valence-corrected chi connectivity index (χ2v) is 9.64. The van der Waals surface area contributed by atoms with E-state index >= 15 is 0 Å². The number of thiocarbonyl (C=S) groups is 1. The van der Waals surface area contributed by atoms with Gasteiger partial charge in [0.05, 0.1) is 34.4 Å². The number of fused-ring (bicyclic) bond motifs is 1. The molecule has 0 aliphatic heterocycles. The molecule has 0 fully saturated rings. The van der Waals surface area contributed by atoms with Crippen LogP contribution < -0.4 is 11.1 Å². The largest absolute Gasteiger partial charge is 0.393 e. The SMILES string of the molecule is CC(C)(F)CCC(CC(O)C(Cc1ccccc1)NC(=O)c1cnc2ccccc2n1)C(N)=S. The van der Waals surface area contributed by atoms with Crippen LogP contribution in [-0.4, -0.2) is 43.8 Å². The lowest BCUT2D eigenvalue weighted by Crippen LogP contribution is -2.46. The van der Waals surface area contributed by atoms with E-state index in [2.05, 4.69) is 15.3 Å². The van der Waals surface area contributed by atoms with Gasteiger partial charge < -0.3 is 16.2 Å². The predicted molar refractivity (Wildman–Crippen MR) is 136 cm³/mol. The van der Waals surface area contributed by atoms with Gasteiger partial charge in [-0.2, -0.15) is 0 Å². The number of carbonyl (C=O) groups is 1. The average molecular weight is 483 g/mol. The fourth-order valence-corrected chi connectivity index (χ4v) is 4.02. The first-order chi connectivity index (χ1) is 16.1. The molecule has 1 aromatic heterocycles. The van der Waals surface area contributed by atoms with Gasteiger partial charge >= 0.3 is 0 Å². The van der Waals surface area contributed by atoms with E-state index < -0.39 is 23.7 Å². The molecule has 0 aliphatic carbocycles. The maximum Gasteiger partial charge on any atom is 0.271 e. The van der Waals surface area contributed by atoms with Crippen LogP contribution in [0.15, 0.2) is 60.8 Å². The van der Waals surface area contributed by atoms with Gasteiger partial charge in [0.25, 0.3) is 5.91 Å². The lowest BCUT2D eigenvalue weighted by molar-refractivity contribution is 0.0776. The zero-order valence-corrected chi connectivity index (χ0v) is 20.3. The van der Waals surface area contributed by atoms with Crippen molar-refractivity contribution in [3.05, 3.63) is 72.1 Å². The topological polar surface area (TPSA) is 101 Å². The second kappa shape index (κ2) is 11.4. The van der Waals surface area contributed by atoms with Crippen LogP contribution in [0, 0.1) is 5.92 Å². The van der Waals surface area contributed by atoms with E-state index in [0.717, 1.165) is 5.56 Å². The van der Waals surface area contributed by atoms with Gasteiger partial charge in [-0.25, -0.2) is 9.37 Å². The minimum Gasteiger partial charge on any atom is -0.393 e. The van der Waals surface area contributed by atoms with Gasteiger partial charge in [-0.15, -0.1) is 0 Å². The van der Waals surface area contributed by atoms with Crippen LogP contribution in [0.1, 0.15) is 49.2 Å². The number of nitrogens with zero attached hydrogens (tertiary/aromatic N) is 2. The molecule has 4 N–H and O–H groups in total. The number of carbonyl (C=O) groups excluding carboxylic acids is 1. The van der Waals surface area contributed by atoms with Crippen molar-refractivity contribution >= 4 is 34.1 Å². The fraction of sp³-hybridized carbons (Fsp3) is 0.385.